The highest BCUT2D eigenvalue weighted by Crippen LogP contribution is 2.27. The van der Waals surface area contributed by atoms with E-state index in [0.29, 0.717) is 5.92 Å². The average molecular weight is 417 g/mol. The molecule has 1 aliphatic carbocycles. The maximum Gasteiger partial charge on any atom is 0.407 e. The molecule has 0 aromatic heterocycles. The van der Waals surface area contributed by atoms with Gasteiger partial charge in [-0.1, -0.05) is 56.3 Å². The van der Waals surface area contributed by atoms with E-state index in [1.54, 1.807) is 0 Å². The van der Waals surface area contributed by atoms with Crippen molar-refractivity contribution in [2.75, 3.05) is 0 Å². The summed E-state index contributed by atoms with van der Waals surface area (Å²) in [6.07, 6.45) is 5.76. The van der Waals surface area contributed by atoms with Crippen molar-refractivity contribution < 1.29 is 19.1 Å². The number of carbonyl (C=O) groups is 2. The smallest absolute Gasteiger partial charge is 0.407 e. The van der Waals surface area contributed by atoms with E-state index in [4.69, 9.17) is 9.47 Å². The maximum atomic E-state index is 12.3. The lowest BCUT2D eigenvalue weighted by Crippen LogP contribution is -2.49. The van der Waals surface area contributed by atoms with Crippen LogP contribution in [0.5, 0.6) is 0 Å². The normalized spacial score (nSPS) is 22.0. The average Bonchev–Trinajstić information content (AvgIpc) is 2.65. The fraction of sp³-hybridized carbons (Fsp3) is 0.583. The molecule has 2 rings (SSSR count). The fourth-order valence-electron chi connectivity index (χ4n) is 3.48. The van der Waals surface area contributed by atoms with Crippen molar-refractivity contribution in [3.05, 3.63) is 48.0 Å². The van der Waals surface area contributed by atoms with Crippen molar-refractivity contribution >= 4 is 12.2 Å². The molecular formula is C24H36N2O4. The van der Waals surface area contributed by atoms with Gasteiger partial charge in [-0.2, -0.15) is 0 Å². The van der Waals surface area contributed by atoms with Crippen LogP contribution in [0.4, 0.5) is 9.59 Å². The Balaban J connectivity index is 1.92. The van der Waals surface area contributed by atoms with Crippen molar-refractivity contribution in [2.24, 2.45) is 11.8 Å². The Hall–Kier alpha value is -2.50. The summed E-state index contributed by atoms with van der Waals surface area (Å²) in [5.41, 5.74) is 0.427. The first kappa shape index (κ1) is 23.8. The lowest BCUT2D eigenvalue weighted by Gasteiger charge is -2.35. The van der Waals surface area contributed by atoms with E-state index in [9.17, 15) is 9.59 Å². The van der Waals surface area contributed by atoms with Crippen LogP contribution in [-0.4, -0.2) is 29.9 Å². The van der Waals surface area contributed by atoms with Gasteiger partial charge in [0.15, 0.2) is 0 Å². The minimum Gasteiger partial charge on any atom is -0.445 e. The maximum absolute atomic E-state index is 12.3. The first-order chi connectivity index (χ1) is 14.1. The number of carbonyl (C=O) groups excluding carboxylic acids is 2. The predicted octanol–water partition coefficient (Wildman–Crippen LogP) is 5.19. The zero-order chi connectivity index (χ0) is 22.1. The quantitative estimate of drug-likeness (QED) is 0.626. The van der Waals surface area contributed by atoms with E-state index in [1.807, 2.05) is 51.1 Å². The summed E-state index contributed by atoms with van der Waals surface area (Å²) >= 11 is 0. The van der Waals surface area contributed by atoms with Gasteiger partial charge in [0, 0.05) is 12.1 Å². The third-order valence-electron chi connectivity index (χ3n) is 4.88. The Morgan fingerprint density at radius 1 is 1.10 bits per heavy atom. The highest BCUT2D eigenvalue weighted by molar-refractivity contribution is 5.68. The Morgan fingerprint density at radius 3 is 2.43 bits per heavy atom. The molecule has 0 saturated heterocycles. The van der Waals surface area contributed by atoms with E-state index in [-0.39, 0.29) is 24.6 Å². The SMILES string of the molecule is CC(C)C=CC1CC(NC(=O)OC(C)(C)C)CC[C@H]1NC(=O)OCc1ccccc1. The molecule has 1 fully saturated rings. The summed E-state index contributed by atoms with van der Waals surface area (Å²) in [4.78, 5) is 24.5. The lowest BCUT2D eigenvalue weighted by molar-refractivity contribution is 0.0480. The van der Waals surface area contributed by atoms with Gasteiger partial charge >= 0.3 is 12.2 Å². The molecule has 0 aliphatic heterocycles. The molecule has 30 heavy (non-hydrogen) atoms. The molecule has 1 aliphatic rings. The van der Waals surface area contributed by atoms with Gasteiger partial charge in [-0.15, -0.1) is 0 Å². The fourth-order valence-corrected chi connectivity index (χ4v) is 3.48. The highest BCUT2D eigenvalue weighted by Gasteiger charge is 2.32. The van der Waals surface area contributed by atoms with Gasteiger partial charge < -0.3 is 20.1 Å². The zero-order valence-corrected chi connectivity index (χ0v) is 18.8. The molecule has 1 saturated carbocycles. The van der Waals surface area contributed by atoms with Crippen LogP contribution >= 0.6 is 0 Å². The number of hydrogen-bond donors (Lipinski definition) is 2. The van der Waals surface area contributed by atoms with Gasteiger partial charge in [-0.25, -0.2) is 9.59 Å². The molecule has 166 valence electrons. The molecule has 1 aromatic rings. The summed E-state index contributed by atoms with van der Waals surface area (Å²) in [5, 5.41) is 5.99. The molecule has 1 aromatic carbocycles. The standard InChI is InChI=1S/C24H36N2O4/c1-17(2)11-12-19-15-20(25-23(28)30-24(3,4)5)13-14-21(19)26-22(27)29-16-18-9-7-6-8-10-18/h6-12,17,19-21H,13-16H2,1-5H3,(H,25,28)(H,26,27)/t19?,20?,21-/m1/s1. The highest BCUT2D eigenvalue weighted by atomic mass is 16.6. The zero-order valence-electron chi connectivity index (χ0n) is 18.8. The Kier molecular flexibility index (Phi) is 8.75. The first-order valence-electron chi connectivity index (χ1n) is 10.8. The number of amides is 2. The molecule has 0 spiro atoms. The third-order valence-corrected chi connectivity index (χ3v) is 4.88. The Bertz CT molecular complexity index is 710. The van der Waals surface area contributed by atoms with Crippen molar-refractivity contribution in [3.8, 4) is 0 Å². The Labute approximate surface area is 180 Å². The molecule has 3 atom stereocenters. The summed E-state index contributed by atoms with van der Waals surface area (Å²) < 4.78 is 10.8. The van der Waals surface area contributed by atoms with E-state index < -0.39 is 17.8 Å². The molecular weight excluding hydrogens is 380 g/mol. The molecule has 0 heterocycles. The van der Waals surface area contributed by atoms with Gasteiger partial charge in [0.25, 0.3) is 0 Å². The largest absolute Gasteiger partial charge is 0.445 e. The minimum atomic E-state index is -0.525. The van der Waals surface area contributed by atoms with Crippen LogP contribution in [0, 0.1) is 11.8 Å². The number of rotatable bonds is 6. The van der Waals surface area contributed by atoms with Crippen molar-refractivity contribution in [3.63, 3.8) is 0 Å². The number of nitrogens with one attached hydrogen (secondary N) is 2. The number of hydrogen-bond acceptors (Lipinski definition) is 4. The summed E-state index contributed by atoms with van der Waals surface area (Å²) in [7, 11) is 0. The summed E-state index contributed by atoms with van der Waals surface area (Å²) in [5.74, 6) is 0.528. The van der Waals surface area contributed by atoms with Crippen molar-refractivity contribution in [2.45, 2.75) is 78.2 Å². The monoisotopic (exact) mass is 416 g/mol. The second kappa shape index (κ2) is 11.0. The molecule has 6 nitrogen and oxygen atoms in total. The molecule has 0 bridgehead atoms. The molecule has 2 amide bonds. The van der Waals surface area contributed by atoms with Crippen LogP contribution in [-0.2, 0) is 16.1 Å². The molecule has 6 heteroatoms. The van der Waals surface area contributed by atoms with E-state index in [2.05, 4.69) is 36.6 Å². The van der Waals surface area contributed by atoms with E-state index in [0.717, 1.165) is 24.8 Å². The predicted molar refractivity (Wildman–Crippen MR) is 118 cm³/mol. The first-order valence-corrected chi connectivity index (χ1v) is 10.8. The van der Waals surface area contributed by atoms with Crippen LogP contribution in [0.1, 0.15) is 59.4 Å². The number of benzene rings is 1. The Morgan fingerprint density at radius 2 is 1.80 bits per heavy atom. The number of ether oxygens (including phenoxy) is 2. The van der Waals surface area contributed by atoms with Gasteiger partial charge in [0.2, 0.25) is 0 Å². The molecule has 2 N–H and O–H groups in total. The second-order valence-electron chi connectivity index (χ2n) is 9.26. The van der Waals surface area contributed by atoms with Crippen LogP contribution < -0.4 is 10.6 Å². The molecule has 2 unspecified atom stereocenters. The number of allylic oxidation sites excluding steroid dienone is 1. The minimum absolute atomic E-state index is 0.0139. The third kappa shape index (κ3) is 8.89. The summed E-state index contributed by atoms with van der Waals surface area (Å²) in [6.45, 7) is 10.0. The topological polar surface area (TPSA) is 76.7 Å². The van der Waals surface area contributed by atoms with Crippen molar-refractivity contribution in [1.29, 1.82) is 0 Å². The van der Waals surface area contributed by atoms with E-state index in [1.165, 1.54) is 0 Å². The van der Waals surface area contributed by atoms with Gasteiger partial charge in [0.05, 0.1) is 0 Å². The van der Waals surface area contributed by atoms with Crippen LogP contribution in [0.15, 0.2) is 42.5 Å². The van der Waals surface area contributed by atoms with Crippen LogP contribution in [0.3, 0.4) is 0 Å². The van der Waals surface area contributed by atoms with Gasteiger partial charge in [0.1, 0.15) is 12.2 Å². The summed E-state index contributed by atoms with van der Waals surface area (Å²) in [6, 6.07) is 9.60. The number of alkyl carbamates (subject to hydrolysis) is 2. The van der Waals surface area contributed by atoms with Crippen LogP contribution in [0.2, 0.25) is 0 Å². The van der Waals surface area contributed by atoms with Crippen molar-refractivity contribution in [1.82, 2.24) is 10.6 Å². The van der Waals surface area contributed by atoms with Crippen LogP contribution in [0.25, 0.3) is 0 Å². The molecule has 0 radical (unpaired) electrons. The second-order valence-corrected chi connectivity index (χ2v) is 9.26. The van der Waals surface area contributed by atoms with E-state index >= 15 is 0 Å². The lowest BCUT2D eigenvalue weighted by atomic mass is 9.81. The van der Waals surface area contributed by atoms with Gasteiger partial charge in [-0.3, -0.25) is 0 Å². The van der Waals surface area contributed by atoms with Gasteiger partial charge in [-0.05, 0) is 57.4 Å².